The minimum absolute atomic E-state index is 0.0582. The molecule has 0 saturated heterocycles. The molecule has 2 fully saturated rings. The van der Waals surface area contributed by atoms with Gasteiger partial charge >= 0.3 is 11.9 Å². The van der Waals surface area contributed by atoms with Crippen LogP contribution in [0.4, 0.5) is 0 Å². The van der Waals surface area contributed by atoms with Crippen molar-refractivity contribution >= 4 is 24.1 Å². The number of oxazole rings is 2. The number of fused-ring (bicyclic) bond motifs is 6. The molecular weight excluding hydrogens is 684 g/mol. The van der Waals surface area contributed by atoms with Gasteiger partial charge in [0.25, 0.3) is 0 Å². The Kier molecular flexibility index (Phi) is 13.5. The predicted octanol–water partition coefficient (Wildman–Crippen LogP) is 8.66. The van der Waals surface area contributed by atoms with Gasteiger partial charge in [-0.1, -0.05) is 113 Å². The van der Waals surface area contributed by atoms with Gasteiger partial charge in [0.1, 0.15) is 24.7 Å². The first-order chi connectivity index (χ1) is 25.8. The highest BCUT2D eigenvalue weighted by molar-refractivity contribution is 5.87. The molecule has 10 nitrogen and oxygen atoms in total. The maximum atomic E-state index is 13.3. The minimum Gasteiger partial charge on any atom is -0.457 e. The molecule has 8 atom stereocenters. The number of cyclic esters (lactones) is 2. The lowest BCUT2D eigenvalue weighted by Gasteiger charge is -2.36. The first kappa shape index (κ1) is 40.4. The molecule has 288 valence electrons. The van der Waals surface area contributed by atoms with Gasteiger partial charge < -0.3 is 28.5 Å². The molecule has 54 heavy (non-hydrogen) atoms. The van der Waals surface area contributed by atoms with Crippen molar-refractivity contribution in [2.45, 2.75) is 91.6 Å². The molecule has 2 N–H and O–H groups in total. The number of esters is 2. The number of nitrogens with zero attached hydrogens (tertiary/aromatic N) is 2. The van der Waals surface area contributed by atoms with E-state index < -0.39 is 47.2 Å². The van der Waals surface area contributed by atoms with Crippen LogP contribution in [0.2, 0.25) is 0 Å². The summed E-state index contributed by atoms with van der Waals surface area (Å²) in [5.74, 6) is 0.676. The first-order valence-electron chi connectivity index (χ1n) is 18.8. The van der Waals surface area contributed by atoms with E-state index in [-0.39, 0.29) is 23.2 Å². The van der Waals surface area contributed by atoms with Crippen LogP contribution in [0.1, 0.15) is 100.0 Å². The fourth-order valence-electron chi connectivity index (χ4n) is 6.34. The molecule has 1 aliphatic heterocycles. The lowest BCUT2D eigenvalue weighted by Crippen LogP contribution is -2.42. The molecule has 2 aromatic heterocycles. The number of carbonyl (C=O) groups is 2. The van der Waals surface area contributed by atoms with Gasteiger partial charge in [0, 0.05) is 35.8 Å². The van der Waals surface area contributed by atoms with E-state index in [0.29, 0.717) is 36.5 Å². The lowest BCUT2D eigenvalue weighted by molar-refractivity contribution is -0.0461. The summed E-state index contributed by atoms with van der Waals surface area (Å²) in [7, 11) is 0. The molecule has 0 radical (unpaired) electrons. The summed E-state index contributed by atoms with van der Waals surface area (Å²) < 4.78 is 23.0. The molecule has 2 aromatic rings. The van der Waals surface area contributed by atoms with Crippen molar-refractivity contribution in [1.82, 2.24) is 9.97 Å². The Balaban J connectivity index is 1.35. The Bertz CT molecular complexity index is 1700. The van der Waals surface area contributed by atoms with Crippen molar-refractivity contribution in [3.8, 4) is 0 Å². The molecule has 10 heteroatoms. The molecule has 2 aliphatic carbocycles. The van der Waals surface area contributed by atoms with Crippen molar-refractivity contribution in [3.63, 3.8) is 0 Å². The van der Waals surface area contributed by atoms with E-state index in [0.717, 1.165) is 12.8 Å². The highest BCUT2D eigenvalue weighted by Gasteiger charge is 2.40. The first-order valence-corrected chi connectivity index (χ1v) is 18.8. The van der Waals surface area contributed by atoms with Crippen molar-refractivity contribution in [1.29, 1.82) is 0 Å². The Morgan fingerprint density at radius 1 is 0.648 bits per heavy atom. The number of aliphatic hydroxyl groups is 2. The standard InChI is InChI=1S/C44H54N2O8/c1-7-15-35(47)43(3,4)37-21-13-19-31-25-29(31)17-9-12-24-40-46-34(28-52-40)42(50)54-38(44(5,6)36(48)16-8-2)22-14-20-32-26-30(32)18-10-11-23-39-45-33(27-51-39)41(49)53-37/h7-20,23-24,27-32,35-38,47-48H,21-22,25-26H2,1-6H3/b15-7+,16-8+,17-9+,18-10+,19-13-,20-14-,23-11-,24-12-/t29-,30-,31+,32+,35+,36+,37+,38+/m1/s1. The van der Waals surface area contributed by atoms with Crippen molar-refractivity contribution < 1.29 is 38.1 Å². The normalized spacial score (nSPS) is 30.5. The van der Waals surface area contributed by atoms with Gasteiger partial charge in [-0.3, -0.25) is 0 Å². The number of allylic oxidation sites excluding steroid dienone is 10. The van der Waals surface area contributed by atoms with E-state index in [2.05, 4.69) is 34.3 Å². The largest absolute Gasteiger partial charge is 0.457 e. The molecule has 2 saturated carbocycles. The van der Waals surface area contributed by atoms with E-state index in [1.54, 1.807) is 36.5 Å². The molecular formula is C44H54N2O8. The Morgan fingerprint density at radius 3 is 1.43 bits per heavy atom. The zero-order valence-corrected chi connectivity index (χ0v) is 32.1. The molecule has 0 unspecified atom stereocenters. The van der Waals surface area contributed by atoms with Crippen LogP contribution in [0.25, 0.3) is 12.2 Å². The van der Waals surface area contributed by atoms with Crippen LogP contribution in [-0.4, -0.2) is 56.5 Å². The van der Waals surface area contributed by atoms with E-state index in [1.807, 2.05) is 78.0 Å². The van der Waals surface area contributed by atoms with Crippen LogP contribution in [0.3, 0.4) is 0 Å². The Hall–Kier alpha value is -4.80. The molecule has 0 amide bonds. The highest BCUT2D eigenvalue weighted by atomic mass is 16.6. The van der Waals surface area contributed by atoms with Crippen LogP contribution in [0, 0.1) is 34.5 Å². The van der Waals surface area contributed by atoms with Crippen LogP contribution in [0.5, 0.6) is 0 Å². The Morgan fingerprint density at radius 2 is 1.04 bits per heavy atom. The summed E-state index contributed by atoms with van der Waals surface area (Å²) >= 11 is 0. The van der Waals surface area contributed by atoms with Gasteiger partial charge in [-0.05, 0) is 50.4 Å². The van der Waals surface area contributed by atoms with Gasteiger partial charge in [0.15, 0.2) is 11.4 Å². The topological polar surface area (TPSA) is 145 Å². The van der Waals surface area contributed by atoms with E-state index in [9.17, 15) is 19.8 Å². The third-order valence-electron chi connectivity index (χ3n) is 10.6. The highest BCUT2D eigenvalue weighted by Crippen LogP contribution is 2.42. The summed E-state index contributed by atoms with van der Waals surface area (Å²) in [5, 5.41) is 21.8. The molecule has 0 aromatic carbocycles. The summed E-state index contributed by atoms with van der Waals surface area (Å²) in [6.45, 7) is 11.2. The minimum atomic E-state index is -0.833. The van der Waals surface area contributed by atoms with Crippen LogP contribution >= 0.6 is 0 Å². The summed E-state index contributed by atoms with van der Waals surface area (Å²) in [6, 6.07) is 0. The SMILES string of the molecule is C/C=C/[C@H](O)C(C)(C)[C@@H]1C/C=C\[C@H]2C[C@H]2/C=C/C=C\c2nc(co2)C(=O)O[C@H](C(C)(C)[C@@H](O)/C=C/C)C/C=C\[C@H]2C[C@H]2/C=C/C=C\c2nc(co2)C(=O)O1. The third kappa shape index (κ3) is 10.7. The van der Waals surface area contributed by atoms with Crippen molar-refractivity contribution in [2.75, 3.05) is 0 Å². The fourth-order valence-corrected chi connectivity index (χ4v) is 6.34. The van der Waals surface area contributed by atoms with Crippen LogP contribution in [-0.2, 0) is 9.47 Å². The number of ether oxygens (including phenoxy) is 2. The number of aliphatic hydroxyl groups excluding tert-OH is 2. The zero-order chi connectivity index (χ0) is 38.9. The molecule has 3 aliphatic rings. The van der Waals surface area contributed by atoms with Crippen LogP contribution in [0.15, 0.2) is 106 Å². The summed E-state index contributed by atoms with van der Waals surface area (Å²) in [4.78, 5) is 35.2. The van der Waals surface area contributed by atoms with Gasteiger partial charge in [-0.2, -0.15) is 0 Å². The Labute approximate surface area is 318 Å². The smallest absolute Gasteiger partial charge is 0.360 e. The zero-order valence-electron chi connectivity index (χ0n) is 32.1. The molecule has 3 heterocycles. The molecule has 4 bridgehead atoms. The average molecular weight is 739 g/mol. The predicted molar refractivity (Wildman–Crippen MR) is 208 cm³/mol. The summed E-state index contributed by atoms with van der Waals surface area (Å²) in [5.41, 5.74) is -1.45. The van der Waals surface area contributed by atoms with Crippen molar-refractivity contribution in [2.24, 2.45) is 34.5 Å². The van der Waals surface area contributed by atoms with E-state index in [4.69, 9.17) is 18.3 Å². The quantitative estimate of drug-likeness (QED) is 0.218. The number of aromatic nitrogens is 2. The lowest BCUT2D eigenvalue weighted by atomic mass is 9.79. The second-order valence-electron chi connectivity index (χ2n) is 15.5. The fraction of sp³-hybridized carbons (Fsp3) is 0.455. The second kappa shape index (κ2) is 18.0. The number of carbonyl (C=O) groups excluding carboxylic acids is 2. The van der Waals surface area contributed by atoms with Gasteiger partial charge in [-0.25, -0.2) is 19.6 Å². The van der Waals surface area contributed by atoms with E-state index in [1.165, 1.54) is 12.5 Å². The van der Waals surface area contributed by atoms with Crippen molar-refractivity contribution in [3.05, 3.63) is 121 Å². The van der Waals surface area contributed by atoms with E-state index >= 15 is 0 Å². The number of hydrogen-bond donors (Lipinski definition) is 2. The van der Waals surface area contributed by atoms with Gasteiger partial charge in [0.05, 0.1) is 12.2 Å². The van der Waals surface area contributed by atoms with Gasteiger partial charge in [-0.15, -0.1) is 0 Å². The molecule has 5 rings (SSSR count). The number of hydrogen-bond acceptors (Lipinski definition) is 10. The average Bonchev–Trinajstić information content (AvgIpc) is 3.93. The second-order valence-corrected chi connectivity index (χ2v) is 15.5. The third-order valence-corrected chi connectivity index (χ3v) is 10.6. The van der Waals surface area contributed by atoms with Gasteiger partial charge in [0.2, 0.25) is 11.8 Å². The maximum absolute atomic E-state index is 13.3. The summed E-state index contributed by atoms with van der Waals surface area (Å²) in [6.07, 6.45) is 32.7. The maximum Gasteiger partial charge on any atom is 0.360 e. The monoisotopic (exact) mass is 738 g/mol. The number of rotatable bonds is 6. The van der Waals surface area contributed by atoms with Crippen LogP contribution < -0.4 is 0 Å². The molecule has 0 spiro atoms.